The number of rotatable bonds is 8. The van der Waals surface area contributed by atoms with Gasteiger partial charge < -0.3 is 19.9 Å². The SMILES string of the molecule is COc1ccc(NC(C)C(=O)N/N=C/c2cc([N+](=O)[O-])cc(OC)c2O)cc1. The molecule has 2 rings (SSSR count). The number of phenolic OH excluding ortho intramolecular Hbond substituents is 1. The van der Waals surface area contributed by atoms with E-state index in [1.807, 2.05) is 0 Å². The predicted octanol–water partition coefficient (Wildman–Crippen LogP) is 2.27. The Morgan fingerprint density at radius 2 is 1.93 bits per heavy atom. The molecule has 0 aromatic heterocycles. The van der Waals surface area contributed by atoms with E-state index in [0.717, 1.165) is 18.3 Å². The van der Waals surface area contributed by atoms with Crippen molar-refractivity contribution >= 4 is 23.5 Å². The summed E-state index contributed by atoms with van der Waals surface area (Å²) in [5, 5.41) is 27.7. The minimum Gasteiger partial charge on any atom is -0.504 e. The number of phenols is 1. The van der Waals surface area contributed by atoms with Crippen LogP contribution in [-0.2, 0) is 4.79 Å². The lowest BCUT2D eigenvalue weighted by molar-refractivity contribution is -0.385. The van der Waals surface area contributed by atoms with Crippen molar-refractivity contribution in [1.82, 2.24) is 5.43 Å². The molecule has 2 aromatic carbocycles. The lowest BCUT2D eigenvalue weighted by Crippen LogP contribution is -2.34. The summed E-state index contributed by atoms with van der Waals surface area (Å²) in [7, 11) is 2.83. The van der Waals surface area contributed by atoms with Gasteiger partial charge >= 0.3 is 0 Å². The normalized spacial score (nSPS) is 11.7. The van der Waals surface area contributed by atoms with Crippen molar-refractivity contribution in [2.24, 2.45) is 5.10 Å². The fourth-order valence-corrected chi connectivity index (χ4v) is 2.24. The summed E-state index contributed by atoms with van der Waals surface area (Å²) in [5.74, 6) is -0.143. The summed E-state index contributed by atoms with van der Waals surface area (Å²) in [4.78, 5) is 22.5. The molecule has 0 spiro atoms. The molecule has 0 radical (unpaired) electrons. The number of carbonyl (C=O) groups excluding carboxylic acids is 1. The molecule has 1 atom stereocenters. The molecule has 0 heterocycles. The third kappa shape index (κ3) is 5.10. The molecular formula is C18H20N4O6. The number of benzene rings is 2. The van der Waals surface area contributed by atoms with E-state index in [0.29, 0.717) is 11.4 Å². The Kier molecular flexibility index (Phi) is 6.74. The number of hydrazone groups is 1. The van der Waals surface area contributed by atoms with Crippen LogP contribution in [0.1, 0.15) is 12.5 Å². The van der Waals surface area contributed by atoms with Gasteiger partial charge in [0.15, 0.2) is 11.5 Å². The molecule has 0 aliphatic rings. The van der Waals surface area contributed by atoms with Crippen LogP contribution in [0.2, 0.25) is 0 Å². The van der Waals surface area contributed by atoms with E-state index in [2.05, 4.69) is 15.8 Å². The van der Waals surface area contributed by atoms with Crippen molar-refractivity contribution in [3.8, 4) is 17.2 Å². The topological polar surface area (TPSA) is 135 Å². The Bertz CT molecular complexity index is 882. The fourth-order valence-electron chi connectivity index (χ4n) is 2.24. The third-order valence-corrected chi connectivity index (χ3v) is 3.76. The number of carbonyl (C=O) groups is 1. The van der Waals surface area contributed by atoms with Gasteiger partial charge in [0.25, 0.3) is 11.6 Å². The highest BCUT2D eigenvalue weighted by atomic mass is 16.6. The number of nitrogens with one attached hydrogen (secondary N) is 2. The fraction of sp³-hybridized carbons (Fsp3) is 0.222. The van der Waals surface area contributed by atoms with Crippen LogP contribution >= 0.6 is 0 Å². The minimum atomic E-state index is -0.626. The Hall–Kier alpha value is -3.82. The van der Waals surface area contributed by atoms with Crippen LogP contribution < -0.4 is 20.2 Å². The van der Waals surface area contributed by atoms with Gasteiger partial charge in [-0.25, -0.2) is 5.43 Å². The zero-order valence-corrected chi connectivity index (χ0v) is 15.5. The molecule has 28 heavy (non-hydrogen) atoms. The van der Waals surface area contributed by atoms with E-state index >= 15 is 0 Å². The van der Waals surface area contributed by atoms with Gasteiger partial charge in [0, 0.05) is 17.3 Å². The maximum Gasteiger partial charge on any atom is 0.274 e. The van der Waals surface area contributed by atoms with Crippen LogP contribution in [0.25, 0.3) is 0 Å². The summed E-state index contributed by atoms with van der Waals surface area (Å²) in [6.07, 6.45) is 1.10. The lowest BCUT2D eigenvalue weighted by Gasteiger charge is -2.13. The number of amides is 1. The maximum absolute atomic E-state index is 12.1. The van der Waals surface area contributed by atoms with Crippen molar-refractivity contribution in [2.45, 2.75) is 13.0 Å². The average molecular weight is 388 g/mol. The number of hydrogen-bond acceptors (Lipinski definition) is 8. The minimum absolute atomic E-state index is 0.0297. The van der Waals surface area contributed by atoms with Gasteiger partial charge in [-0.15, -0.1) is 0 Å². The molecule has 1 amide bonds. The van der Waals surface area contributed by atoms with Crippen molar-refractivity contribution in [3.63, 3.8) is 0 Å². The molecule has 2 aromatic rings. The monoisotopic (exact) mass is 388 g/mol. The van der Waals surface area contributed by atoms with Crippen LogP contribution in [0.15, 0.2) is 41.5 Å². The average Bonchev–Trinajstić information content (AvgIpc) is 2.69. The molecule has 0 fully saturated rings. The van der Waals surface area contributed by atoms with Crippen molar-refractivity contribution < 1.29 is 24.3 Å². The number of nitro groups is 1. The largest absolute Gasteiger partial charge is 0.504 e. The van der Waals surface area contributed by atoms with E-state index in [1.54, 1.807) is 38.3 Å². The molecule has 3 N–H and O–H groups in total. The van der Waals surface area contributed by atoms with Gasteiger partial charge in [-0.2, -0.15) is 5.10 Å². The standard InChI is InChI=1S/C18H20N4O6/c1-11(20-13-4-6-15(27-2)7-5-13)18(24)21-19-10-12-8-14(22(25)26)9-16(28-3)17(12)23/h4-11,20,23H,1-3H3,(H,21,24)/b19-10+. The smallest absolute Gasteiger partial charge is 0.274 e. The first-order chi connectivity index (χ1) is 13.3. The zero-order chi connectivity index (χ0) is 20.7. The number of ether oxygens (including phenoxy) is 2. The van der Waals surface area contributed by atoms with Crippen LogP contribution in [0.5, 0.6) is 17.2 Å². The van der Waals surface area contributed by atoms with Crippen LogP contribution in [0.3, 0.4) is 0 Å². The van der Waals surface area contributed by atoms with Gasteiger partial charge in [0.2, 0.25) is 0 Å². The first kappa shape index (κ1) is 20.5. The van der Waals surface area contributed by atoms with Crippen molar-refractivity contribution in [1.29, 1.82) is 0 Å². The van der Waals surface area contributed by atoms with Crippen LogP contribution in [0, 0.1) is 10.1 Å². The van der Waals surface area contributed by atoms with Crippen LogP contribution in [0.4, 0.5) is 11.4 Å². The number of nitro benzene ring substituents is 1. The molecule has 10 nitrogen and oxygen atoms in total. The summed E-state index contributed by atoms with van der Waals surface area (Å²) >= 11 is 0. The van der Waals surface area contributed by atoms with Gasteiger partial charge in [0.05, 0.1) is 31.4 Å². The highest BCUT2D eigenvalue weighted by Gasteiger charge is 2.16. The Labute approximate surface area is 160 Å². The van der Waals surface area contributed by atoms with E-state index in [9.17, 15) is 20.0 Å². The maximum atomic E-state index is 12.1. The number of nitrogens with zero attached hydrogens (tertiary/aromatic N) is 2. The van der Waals surface area contributed by atoms with Gasteiger partial charge in [-0.05, 0) is 31.2 Å². The molecule has 1 unspecified atom stereocenters. The number of aromatic hydroxyl groups is 1. The zero-order valence-electron chi connectivity index (χ0n) is 15.5. The van der Waals surface area contributed by atoms with E-state index in [-0.39, 0.29) is 22.7 Å². The van der Waals surface area contributed by atoms with Crippen molar-refractivity contribution in [2.75, 3.05) is 19.5 Å². The lowest BCUT2D eigenvalue weighted by atomic mass is 10.2. The highest BCUT2D eigenvalue weighted by molar-refractivity contribution is 5.89. The first-order valence-electron chi connectivity index (χ1n) is 8.14. The van der Waals surface area contributed by atoms with Gasteiger partial charge in [-0.3, -0.25) is 14.9 Å². The molecule has 0 bridgehead atoms. The van der Waals surface area contributed by atoms with Gasteiger partial charge in [-0.1, -0.05) is 0 Å². The van der Waals surface area contributed by atoms with Crippen LogP contribution in [-0.4, -0.2) is 42.4 Å². The second kappa shape index (κ2) is 9.21. The second-order valence-corrected chi connectivity index (χ2v) is 5.67. The molecule has 0 aliphatic heterocycles. The molecule has 148 valence electrons. The Balaban J connectivity index is 2.03. The summed E-state index contributed by atoms with van der Waals surface area (Å²) in [5.41, 5.74) is 2.77. The molecular weight excluding hydrogens is 368 g/mol. The first-order valence-corrected chi connectivity index (χ1v) is 8.14. The van der Waals surface area contributed by atoms with E-state index in [4.69, 9.17) is 9.47 Å². The molecule has 0 aliphatic carbocycles. The number of anilines is 1. The molecule has 10 heteroatoms. The predicted molar refractivity (Wildman–Crippen MR) is 103 cm³/mol. The summed E-state index contributed by atoms with van der Waals surface area (Å²) in [6.45, 7) is 1.64. The summed E-state index contributed by atoms with van der Waals surface area (Å²) in [6, 6.07) is 8.63. The second-order valence-electron chi connectivity index (χ2n) is 5.67. The summed E-state index contributed by atoms with van der Waals surface area (Å²) < 4.78 is 9.97. The van der Waals surface area contributed by atoms with E-state index < -0.39 is 16.9 Å². The Morgan fingerprint density at radius 1 is 1.25 bits per heavy atom. The van der Waals surface area contributed by atoms with E-state index in [1.165, 1.54) is 7.11 Å². The van der Waals surface area contributed by atoms with Gasteiger partial charge in [0.1, 0.15) is 11.8 Å². The number of methoxy groups -OCH3 is 2. The molecule has 0 saturated carbocycles. The highest BCUT2D eigenvalue weighted by Crippen LogP contribution is 2.33. The molecule has 0 saturated heterocycles. The number of hydrogen-bond donors (Lipinski definition) is 3. The third-order valence-electron chi connectivity index (χ3n) is 3.76. The Morgan fingerprint density at radius 3 is 2.50 bits per heavy atom. The van der Waals surface area contributed by atoms with Crippen molar-refractivity contribution in [3.05, 3.63) is 52.1 Å². The number of non-ortho nitro benzene ring substituents is 1. The quantitative estimate of drug-likeness (QED) is 0.358.